The summed E-state index contributed by atoms with van der Waals surface area (Å²) in [6.45, 7) is 1.57. The molecule has 0 bridgehead atoms. The maximum atomic E-state index is 13.3. The molecular weight excluding hydrogens is 417 g/mol. The SMILES string of the molecule is CCOC(=O)[C@@H]1[C@@H](CC=O)[C@@H](C(=O)c2ccc(F)cc2)CN1C(=O)OCc1ccccc1. The van der Waals surface area contributed by atoms with Crippen LogP contribution in [-0.2, 0) is 25.7 Å². The number of halogens is 1. The minimum atomic E-state index is -1.14. The molecule has 1 saturated heterocycles. The molecule has 0 saturated carbocycles. The first-order valence-electron chi connectivity index (χ1n) is 10.3. The van der Waals surface area contributed by atoms with E-state index in [4.69, 9.17) is 9.47 Å². The molecular formula is C24H24FNO6. The minimum Gasteiger partial charge on any atom is -0.464 e. The van der Waals surface area contributed by atoms with Crippen LogP contribution in [0.4, 0.5) is 9.18 Å². The number of aldehydes is 1. The molecule has 8 heteroatoms. The van der Waals surface area contributed by atoms with Crippen LogP contribution in [0, 0.1) is 17.7 Å². The molecule has 0 radical (unpaired) electrons. The highest BCUT2D eigenvalue weighted by Gasteiger charge is 2.51. The Balaban J connectivity index is 1.86. The molecule has 2 aromatic rings. The Hall–Kier alpha value is -3.55. The number of rotatable bonds is 8. The summed E-state index contributed by atoms with van der Waals surface area (Å²) in [6.07, 6.45) is -0.290. The molecule has 2 aromatic carbocycles. The van der Waals surface area contributed by atoms with Crippen LogP contribution in [0.15, 0.2) is 54.6 Å². The average molecular weight is 441 g/mol. The van der Waals surface area contributed by atoms with E-state index in [0.29, 0.717) is 6.29 Å². The first kappa shape index (κ1) is 23.1. The number of hydrogen-bond acceptors (Lipinski definition) is 6. The summed E-state index contributed by atoms with van der Waals surface area (Å²) in [7, 11) is 0. The maximum Gasteiger partial charge on any atom is 0.410 e. The molecule has 3 rings (SSSR count). The summed E-state index contributed by atoms with van der Waals surface area (Å²) in [5.74, 6) is -3.21. The highest BCUT2D eigenvalue weighted by Crippen LogP contribution is 2.36. The zero-order valence-electron chi connectivity index (χ0n) is 17.6. The van der Waals surface area contributed by atoms with Crippen LogP contribution in [0.3, 0.4) is 0 Å². The molecule has 32 heavy (non-hydrogen) atoms. The number of nitrogens with zero attached hydrogens (tertiary/aromatic N) is 1. The first-order valence-corrected chi connectivity index (χ1v) is 10.3. The van der Waals surface area contributed by atoms with Crippen LogP contribution in [0.25, 0.3) is 0 Å². The smallest absolute Gasteiger partial charge is 0.410 e. The lowest BCUT2D eigenvalue weighted by Gasteiger charge is -2.25. The van der Waals surface area contributed by atoms with Crippen molar-refractivity contribution in [3.8, 4) is 0 Å². The van der Waals surface area contributed by atoms with E-state index >= 15 is 0 Å². The van der Waals surface area contributed by atoms with Crippen molar-refractivity contribution in [2.75, 3.05) is 13.2 Å². The van der Waals surface area contributed by atoms with Gasteiger partial charge in [0.15, 0.2) is 5.78 Å². The van der Waals surface area contributed by atoms with Gasteiger partial charge < -0.3 is 14.3 Å². The van der Waals surface area contributed by atoms with Gasteiger partial charge in [-0.15, -0.1) is 0 Å². The zero-order chi connectivity index (χ0) is 23.1. The molecule has 1 fully saturated rings. The van der Waals surface area contributed by atoms with Gasteiger partial charge in [-0.2, -0.15) is 0 Å². The van der Waals surface area contributed by atoms with Gasteiger partial charge in [0.1, 0.15) is 24.8 Å². The summed E-state index contributed by atoms with van der Waals surface area (Å²) in [5, 5.41) is 0. The molecule has 1 aliphatic rings. The van der Waals surface area contributed by atoms with Crippen LogP contribution < -0.4 is 0 Å². The second-order valence-electron chi connectivity index (χ2n) is 7.43. The fraction of sp³-hybridized carbons (Fsp3) is 0.333. The largest absolute Gasteiger partial charge is 0.464 e. The summed E-state index contributed by atoms with van der Waals surface area (Å²) in [6, 6.07) is 12.9. The fourth-order valence-electron chi connectivity index (χ4n) is 3.94. The third-order valence-electron chi connectivity index (χ3n) is 5.45. The Kier molecular flexibility index (Phi) is 7.70. The van der Waals surface area contributed by atoms with Gasteiger partial charge in [-0.3, -0.25) is 9.69 Å². The first-order chi connectivity index (χ1) is 15.5. The molecule has 7 nitrogen and oxygen atoms in total. The zero-order valence-corrected chi connectivity index (χ0v) is 17.6. The number of esters is 1. The van der Waals surface area contributed by atoms with Crippen molar-refractivity contribution >= 4 is 24.1 Å². The van der Waals surface area contributed by atoms with Crippen LogP contribution in [0.2, 0.25) is 0 Å². The Labute approximate surface area is 185 Å². The van der Waals surface area contributed by atoms with E-state index in [2.05, 4.69) is 0 Å². The van der Waals surface area contributed by atoms with E-state index in [-0.39, 0.29) is 37.5 Å². The van der Waals surface area contributed by atoms with Gasteiger partial charge in [-0.1, -0.05) is 30.3 Å². The van der Waals surface area contributed by atoms with E-state index < -0.39 is 35.8 Å². The number of ether oxygens (including phenoxy) is 2. The van der Waals surface area contributed by atoms with E-state index in [1.807, 2.05) is 6.07 Å². The number of likely N-dealkylation sites (tertiary alicyclic amines) is 1. The highest BCUT2D eigenvalue weighted by atomic mass is 19.1. The standard InChI is InChI=1S/C24H24FNO6/c1-2-31-23(29)21-19(12-13-27)20(22(28)17-8-10-18(25)11-9-17)14-26(21)24(30)32-15-16-6-4-3-5-7-16/h3-11,13,19-21H,2,12,14-15H2,1H3/t19-,20-,21-/m0/s1. The van der Waals surface area contributed by atoms with Crippen LogP contribution in [0.1, 0.15) is 29.3 Å². The normalized spacial score (nSPS) is 19.9. The summed E-state index contributed by atoms with van der Waals surface area (Å²) in [4.78, 5) is 51.3. The maximum absolute atomic E-state index is 13.3. The predicted octanol–water partition coefficient (Wildman–Crippen LogP) is 3.41. The lowest BCUT2D eigenvalue weighted by Crippen LogP contribution is -2.44. The number of carbonyl (C=O) groups excluding carboxylic acids is 4. The van der Waals surface area contributed by atoms with Gasteiger partial charge in [0.25, 0.3) is 0 Å². The minimum absolute atomic E-state index is 0.0133. The molecule has 168 valence electrons. The monoisotopic (exact) mass is 441 g/mol. The van der Waals surface area contributed by atoms with E-state index in [1.165, 1.54) is 12.1 Å². The number of Topliss-reactive ketones (excluding diaryl/α,β-unsaturated/α-hetero) is 1. The van der Waals surface area contributed by atoms with Crippen molar-refractivity contribution in [1.29, 1.82) is 0 Å². The summed E-state index contributed by atoms with van der Waals surface area (Å²) in [5.41, 5.74) is 0.991. The van der Waals surface area contributed by atoms with Crippen LogP contribution in [0.5, 0.6) is 0 Å². The molecule has 3 atom stereocenters. The van der Waals surface area contributed by atoms with E-state index in [1.54, 1.807) is 31.2 Å². The molecule has 0 spiro atoms. The number of benzene rings is 2. The molecule has 1 heterocycles. The second-order valence-corrected chi connectivity index (χ2v) is 7.43. The number of amides is 1. The van der Waals surface area contributed by atoms with Crippen molar-refractivity contribution < 1.29 is 33.0 Å². The van der Waals surface area contributed by atoms with E-state index in [0.717, 1.165) is 22.6 Å². The third-order valence-corrected chi connectivity index (χ3v) is 5.45. The molecule has 0 N–H and O–H groups in total. The van der Waals surface area contributed by atoms with Crippen molar-refractivity contribution in [3.63, 3.8) is 0 Å². The summed E-state index contributed by atoms with van der Waals surface area (Å²) < 4.78 is 23.8. The van der Waals surface area contributed by atoms with Crippen molar-refractivity contribution in [2.24, 2.45) is 11.8 Å². The Bertz CT molecular complexity index is 962. The lowest BCUT2D eigenvalue weighted by atomic mass is 9.83. The van der Waals surface area contributed by atoms with Gasteiger partial charge in [0.2, 0.25) is 0 Å². The predicted molar refractivity (Wildman–Crippen MR) is 112 cm³/mol. The average Bonchev–Trinajstić information content (AvgIpc) is 3.18. The molecule has 0 aliphatic carbocycles. The Morgan fingerprint density at radius 3 is 2.38 bits per heavy atom. The van der Waals surface area contributed by atoms with Gasteiger partial charge >= 0.3 is 12.1 Å². The lowest BCUT2D eigenvalue weighted by molar-refractivity contribution is -0.149. The second kappa shape index (κ2) is 10.7. The summed E-state index contributed by atoms with van der Waals surface area (Å²) >= 11 is 0. The highest BCUT2D eigenvalue weighted by molar-refractivity contribution is 6.00. The Morgan fingerprint density at radius 2 is 1.75 bits per heavy atom. The molecule has 1 amide bonds. The number of carbonyl (C=O) groups is 4. The van der Waals surface area contributed by atoms with Crippen molar-refractivity contribution in [3.05, 3.63) is 71.5 Å². The van der Waals surface area contributed by atoms with Gasteiger partial charge in [-0.05, 0) is 36.8 Å². The topological polar surface area (TPSA) is 90.0 Å². The van der Waals surface area contributed by atoms with Crippen LogP contribution in [-0.4, -0.2) is 48.2 Å². The third kappa shape index (κ3) is 5.19. The van der Waals surface area contributed by atoms with Gasteiger partial charge in [0.05, 0.1) is 6.61 Å². The fourth-order valence-corrected chi connectivity index (χ4v) is 3.94. The molecule has 0 unspecified atom stereocenters. The Morgan fingerprint density at radius 1 is 1.06 bits per heavy atom. The van der Waals surface area contributed by atoms with Gasteiger partial charge in [0, 0.05) is 30.4 Å². The number of ketones is 1. The van der Waals surface area contributed by atoms with E-state index in [9.17, 15) is 23.6 Å². The molecule has 0 aromatic heterocycles. The molecule has 1 aliphatic heterocycles. The quantitative estimate of drug-likeness (QED) is 0.354. The van der Waals surface area contributed by atoms with Crippen LogP contribution >= 0.6 is 0 Å². The van der Waals surface area contributed by atoms with Crippen molar-refractivity contribution in [2.45, 2.75) is 26.0 Å². The van der Waals surface area contributed by atoms with Crippen molar-refractivity contribution in [1.82, 2.24) is 4.90 Å². The van der Waals surface area contributed by atoms with Gasteiger partial charge in [-0.25, -0.2) is 14.0 Å². The number of hydrogen-bond donors (Lipinski definition) is 0.